The molecule has 108 valence electrons. The third-order valence-electron chi connectivity index (χ3n) is 4.50. The van der Waals surface area contributed by atoms with E-state index in [1.54, 1.807) is 0 Å². The molecule has 1 fully saturated rings. The highest BCUT2D eigenvalue weighted by Crippen LogP contribution is 2.32. The number of aryl methyl sites for hydroxylation is 2. The highest BCUT2D eigenvalue weighted by Gasteiger charge is 2.29. The van der Waals surface area contributed by atoms with Crippen LogP contribution in [-0.2, 0) is 11.2 Å². The molecule has 0 aromatic heterocycles. The Balaban J connectivity index is 1.64. The van der Waals surface area contributed by atoms with Crippen LogP contribution in [0.2, 0.25) is 0 Å². The Kier molecular flexibility index (Phi) is 3.68. The van der Waals surface area contributed by atoms with Crippen molar-refractivity contribution in [1.82, 2.24) is 5.32 Å². The summed E-state index contributed by atoms with van der Waals surface area (Å²) in [6, 6.07) is 6.90. The van der Waals surface area contributed by atoms with Crippen LogP contribution in [0.4, 0.5) is 5.69 Å². The van der Waals surface area contributed by atoms with Crippen LogP contribution in [0, 0.1) is 12.8 Å². The van der Waals surface area contributed by atoms with Gasteiger partial charge in [-0.25, -0.2) is 0 Å². The molecule has 0 bridgehead atoms. The smallest absolute Gasteiger partial charge is 0.239 e. The predicted molar refractivity (Wildman–Crippen MR) is 82.0 cm³/mol. The minimum absolute atomic E-state index is 0.165. The van der Waals surface area contributed by atoms with Crippen LogP contribution in [0.15, 0.2) is 18.2 Å². The summed E-state index contributed by atoms with van der Waals surface area (Å²) in [4.78, 5) is 14.4. The predicted octanol–water partition coefficient (Wildman–Crippen LogP) is 2.66. The highest BCUT2D eigenvalue weighted by atomic mass is 16.2. The minimum Gasteiger partial charge on any atom is -0.362 e. The Morgan fingerprint density at radius 2 is 2.25 bits per heavy atom. The number of nitrogens with zero attached hydrogens (tertiary/aromatic N) is 1. The lowest BCUT2D eigenvalue weighted by molar-refractivity contribution is -0.120. The van der Waals surface area contributed by atoms with E-state index in [4.69, 9.17) is 0 Å². The monoisotopic (exact) mass is 272 g/mol. The first-order valence-corrected chi connectivity index (χ1v) is 7.77. The molecular formula is C17H24N2O. The fraction of sp³-hybridized carbons (Fsp3) is 0.588. The van der Waals surface area contributed by atoms with E-state index in [0.717, 1.165) is 25.3 Å². The molecule has 1 aromatic rings. The SMILES string of the molecule is Cc1ccc2c(c1)CCCN2CC(=O)N[C@H](C)C1CC1. The van der Waals surface area contributed by atoms with Gasteiger partial charge in [-0.1, -0.05) is 17.7 Å². The Hall–Kier alpha value is -1.51. The number of anilines is 1. The fourth-order valence-electron chi connectivity index (χ4n) is 3.16. The minimum atomic E-state index is 0.165. The molecule has 1 heterocycles. The molecule has 3 nitrogen and oxygen atoms in total. The number of fused-ring (bicyclic) bond motifs is 1. The van der Waals surface area contributed by atoms with E-state index in [-0.39, 0.29) is 5.91 Å². The maximum atomic E-state index is 12.2. The first-order valence-electron chi connectivity index (χ1n) is 7.77. The molecule has 1 aliphatic heterocycles. The van der Waals surface area contributed by atoms with Gasteiger partial charge in [0.25, 0.3) is 0 Å². The first kappa shape index (κ1) is 13.5. The van der Waals surface area contributed by atoms with Crippen LogP contribution in [-0.4, -0.2) is 25.0 Å². The van der Waals surface area contributed by atoms with E-state index in [2.05, 4.69) is 42.3 Å². The van der Waals surface area contributed by atoms with Gasteiger partial charge in [0, 0.05) is 18.3 Å². The zero-order chi connectivity index (χ0) is 14.1. The summed E-state index contributed by atoms with van der Waals surface area (Å²) in [5.41, 5.74) is 3.94. The van der Waals surface area contributed by atoms with Crippen molar-refractivity contribution in [2.24, 2.45) is 5.92 Å². The van der Waals surface area contributed by atoms with Crippen molar-refractivity contribution in [3.63, 3.8) is 0 Å². The van der Waals surface area contributed by atoms with E-state index >= 15 is 0 Å². The molecule has 1 atom stereocenters. The molecule has 3 heteroatoms. The zero-order valence-corrected chi connectivity index (χ0v) is 12.5. The Morgan fingerprint density at radius 3 is 3.00 bits per heavy atom. The van der Waals surface area contributed by atoms with E-state index in [1.165, 1.54) is 29.7 Å². The summed E-state index contributed by atoms with van der Waals surface area (Å²) in [6.45, 7) is 5.74. The van der Waals surface area contributed by atoms with Crippen LogP contribution in [0.1, 0.15) is 37.3 Å². The molecule has 20 heavy (non-hydrogen) atoms. The molecule has 1 saturated carbocycles. The van der Waals surface area contributed by atoms with E-state index in [1.807, 2.05) is 0 Å². The molecule has 3 rings (SSSR count). The number of amides is 1. The van der Waals surface area contributed by atoms with E-state index < -0.39 is 0 Å². The number of benzene rings is 1. The van der Waals surface area contributed by atoms with Gasteiger partial charge in [-0.15, -0.1) is 0 Å². The summed E-state index contributed by atoms with van der Waals surface area (Å²) in [5.74, 6) is 0.882. The van der Waals surface area contributed by atoms with E-state index in [9.17, 15) is 4.79 Å². The number of nitrogens with one attached hydrogen (secondary N) is 1. The van der Waals surface area contributed by atoms with Gasteiger partial charge in [0.2, 0.25) is 5.91 Å². The standard InChI is InChI=1S/C17H24N2O/c1-12-5-8-16-15(10-12)4-3-9-19(16)11-17(20)18-13(2)14-6-7-14/h5,8,10,13-14H,3-4,6-7,9,11H2,1-2H3,(H,18,20)/t13-/m1/s1. The van der Waals surface area contributed by atoms with Gasteiger partial charge in [0.15, 0.2) is 0 Å². The van der Waals surface area contributed by atoms with Crippen LogP contribution in [0.5, 0.6) is 0 Å². The van der Waals surface area contributed by atoms with Gasteiger partial charge in [0.05, 0.1) is 6.54 Å². The van der Waals surface area contributed by atoms with Crippen molar-refractivity contribution >= 4 is 11.6 Å². The lowest BCUT2D eigenvalue weighted by Gasteiger charge is -2.31. The van der Waals surface area contributed by atoms with Gasteiger partial charge in [0.1, 0.15) is 0 Å². The maximum Gasteiger partial charge on any atom is 0.239 e. The molecule has 0 radical (unpaired) electrons. The molecule has 0 unspecified atom stereocenters. The number of carbonyl (C=O) groups is 1. The fourth-order valence-corrected chi connectivity index (χ4v) is 3.16. The number of rotatable bonds is 4. The molecule has 0 saturated heterocycles. The summed E-state index contributed by atoms with van der Waals surface area (Å²) >= 11 is 0. The van der Waals surface area contributed by atoms with Crippen molar-refractivity contribution in [1.29, 1.82) is 0 Å². The van der Waals surface area contributed by atoms with Gasteiger partial charge >= 0.3 is 0 Å². The van der Waals surface area contributed by atoms with E-state index in [0.29, 0.717) is 12.6 Å². The molecule has 1 aliphatic carbocycles. The summed E-state index contributed by atoms with van der Waals surface area (Å²) in [5, 5.41) is 3.15. The zero-order valence-electron chi connectivity index (χ0n) is 12.5. The van der Waals surface area contributed by atoms with Gasteiger partial charge in [-0.2, -0.15) is 0 Å². The van der Waals surface area contributed by atoms with Crippen molar-refractivity contribution in [3.8, 4) is 0 Å². The lowest BCUT2D eigenvalue weighted by atomic mass is 9.99. The van der Waals surface area contributed by atoms with Crippen LogP contribution >= 0.6 is 0 Å². The molecule has 0 spiro atoms. The second-order valence-electron chi connectivity index (χ2n) is 6.35. The highest BCUT2D eigenvalue weighted by molar-refractivity contribution is 5.82. The molecule has 1 N–H and O–H groups in total. The second kappa shape index (κ2) is 5.47. The van der Waals surface area contributed by atoms with Crippen LogP contribution < -0.4 is 10.2 Å². The summed E-state index contributed by atoms with van der Waals surface area (Å²) < 4.78 is 0. The quantitative estimate of drug-likeness (QED) is 0.914. The third kappa shape index (κ3) is 2.97. The van der Waals surface area contributed by atoms with Crippen molar-refractivity contribution in [3.05, 3.63) is 29.3 Å². The number of carbonyl (C=O) groups excluding carboxylic acids is 1. The average molecular weight is 272 g/mol. The largest absolute Gasteiger partial charge is 0.362 e. The Morgan fingerprint density at radius 1 is 1.45 bits per heavy atom. The Bertz CT molecular complexity index is 508. The summed E-state index contributed by atoms with van der Waals surface area (Å²) in [7, 11) is 0. The van der Waals surface area contributed by atoms with Crippen molar-refractivity contribution in [2.45, 2.75) is 45.6 Å². The van der Waals surface area contributed by atoms with Gasteiger partial charge in [-0.3, -0.25) is 4.79 Å². The second-order valence-corrected chi connectivity index (χ2v) is 6.35. The van der Waals surface area contributed by atoms with Crippen LogP contribution in [0.25, 0.3) is 0 Å². The average Bonchev–Trinajstić information content (AvgIpc) is 3.22. The topological polar surface area (TPSA) is 32.3 Å². The van der Waals surface area contributed by atoms with Crippen molar-refractivity contribution < 1.29 is 4.79 Å². The third-order valence-corrected chi connectivity index (χ3v) is 4.50. The molecule has 2 aliphatic rings. The van der Waals surface area contributed by atoms with Crippen molar-refractivity contribution in [2.75, 3.05) is 18.0 Å². The maximum absolute atomic E-state index is 12.2. The molecular weight excluding hydrogens is 248 g/mol. The number of hydrogen-bond acceptors (Lipinski definition) is 2. The Labute approximate surface area is 121 Å². The molecule has 1 amide bonds. The summed E-state index contributed by atoms with van der Waals surface area (Å²) in [6.07, 6.45) is 4.82. The van der Waals surface area contributed by atoms with Gasteiger partial charge in [-0.05, 0) is 57.1 Å². The number of hydrogen-bond donors (Lipinski definition) is 1. The molecule has 1 aromatic carbocycles. The normalized spacial score (nSPS) is 19.4. The lowest BCUT2D eigenvalue weighted by Crippen LogP contribution is -2.43. The van der Waals surface area contributed by atoms with Crippen LogP contribution in [0.3, 0.4) is 0 Å². The first-order chi connectivity index (χ1) is 9.63. The van der Waals surface area contributed by atoms with Gasteiger partial charge < -0.3 is 10.2 Å².